The highest BCUT2D eigenvalue weighted by molar-refractivity contribution is 9.10. The summed E-state index contributed by atoms with van der Waals surface area (Å²) in [5, 5.41) is 12.3. The Kier molecular flexibility index (Phi) is 5.96. The smallest absolute Gasteiger partial charge is 0.246 e. The molecule has 0 aliphatic carbocycles. The van der Waals surface area contributed by atoms with E-state index >= 15 is 0 Å². The molecule has 1 amide bonds. The lowest BCUT2D eigenvalue weighted by Gasteiger charge is -2.28. The second-order valence-corrected chi connectivity index (χ2v) is 10.4. The molecule has 0 spiro atoms. The minimum Gasteiger partial charge on any atom is -0.333 e. The SMILES string of the molecule is O=C(Cn1nnc(-c2ccc(Br)cc2)n1)N(Cc1ccccc1)[C@@H]1CCS(=O)(=O)C1. The van der Waals surface area contributed by atoms with E-state index < -0.39 is 9.84 Å². The summed E-state index contributed by atoms with van der Waals surface area (Å²) in [6.07, 6.45) is 0.440. The third kappa shape index (κ3) is 4.93. The second kappa shape index (κ2) is 8.65. The minimum atomic E-state index is -3.12. The zero-order chi connectivity index (χ0) is 21.1. The molecule has 0 saturated carbocycles. The number of nitrogens with zero attached hydrogens (tertiary/aromatic N) is 5. The van der Waals surface area contributed by atoms with E-state index in [2.05, 4.69) is 31.3 Å². The highest BCUT2D eigenvalue weighted by atomic mass is 79.9. The molecule has 30 heavy (non-hydrogen) atoms. The number of tetrazole rings is 1. The summed E-state index contributed by atoms with van der Waals surface area (Å²) in [5.41, 5.74) is 1.73. The molecule has 1 aromatic heterocycles. The lowest BCUT2D eigenvalue weighted by atomic mass is 10.1. The summed E-state index contributed by atoms with van der Waals surface area (Å²) in [6.45, 7) is 0.237. The molecule has 1 saturated heterocycles. The van der Waals surface area contributed by atoms with Gasteiger partial charge in [-0.2, -0.15) is 4.80 Å². The van der Waals surface area contributed by atoms with Crippen molar-refractivity contribution < 1.29 is 13.2 Å². The first-order chi connectivity index (χ1) is 14.4. The van der Waals surface area contributed by atoms with E-state index in [9.17, 15) is 13.2 Å². The van der Waals surface area contributed by atoms with Crippen molar-refractivity contribution in [1.29, 1.82) is 0 Å². The van der Waals surface area contributed by atoms with Crippen molar-refractivity contribution in [3.8, 4) is 11.4 Å². The fourth-order valence-electron chi connectivity index (χ4n) is 3.46. The number of carbonyl (C=O) groups is 1. The number of sulfone groups is 1. The Morgan fingerprint density at radius 2 is 1.87 bits per heavy atom. The standard InChI is InChI=1S/C20H20BrN5O3S/c21-17-8-6-16(7-9-17)20-22-24-26(23-20)13-19(27)25(12-15-4-2-1-3-5-15)18-10-11-30(28,29)14-18/h1-9,18H,10-14H2/t18-/m1/s1. The van der Waals surface area contributed by atoms with Gasteiger partial charge < -0.3 is 4.90 Å². The van der Waals surface area contributed by atoms with E-state index in [1.54, 1.807) is 4.90 Å². The van der Waals surface area contributed by atoms with Gasteiger partial charge in [0.2, 0.25) is 11.7 Å². The van der Waals surface area contributed by atoms with Gasteiger partial charge in [-0.15, -0.1) is 10.2 Å². The maximum atomic E-state index is 13.1. The van der Waals surface area contributed by atoms with Crippen LogP contribution in [0.2, 0.25) is 0 Å². The molecule has 1 aliphatic rings. The third-order valence-electron chi connectivity index (χ3n) is 5.00. The van der Waals surface area contributed by atoms with Crippen LogP contribution in [0.15, 0.2) is 59.1 Å². The average molecular weight is 490 g/mol. The summed E-state index contributed by atoms with van der Waals surface area (Å²) in [7, 11) is -3.12. The van der Waals surface area contributed by atoms with E-state index in [-0.39, 0.29) is 30.0 Å². The monoisotopic (exact) mass is 489 g/mol. The predicted octanol–water partition coefficient (Wildman–Crippen LogP) is 2.32. The van der Waals surface area contributed by atoms with Gasteiger partial charge in [0.1, 0.15) is 6.54 Å². The molecular formula is C20H20BrN5O3S. The number of aromatic nitrogens is 4. The van der Waals surface area contributed by atoms with Crippen LogP contribution in [0.5, 0.6) is 0 Å². The summed E-state index contributed by atoms with van der Waals surface area (Å²) in [4.78, 5) is 16.0. The molecular weight excluding hydrogens is 470 g/mol. The molecule has 1 fully saturated rings. The van der Waals surface area contributed by atoms with Gasteiger partial charge in [-0.3, -0.25) is 4.79 Å². The van der Waals surface area contributed by atoms with Crippen molar-refractivity contribution in [3.05, 3.63) is 64.6 Å². The molecule has 2 heterocycles. The first-order valence-corrected chi connectivity index (χ1v) is 12.1. The lowest BCUT2D eigenvalue weighted by Crippen LogP contribution is -2.42. The lowest BCUT2D eigenvalue weighted by molar-refractivity contribution is -0.134. The third-order valence-corrected chi connectivity index (χ3v) is 7.28. The molecule has 0 bridgehead atoms. The molecule has 4 rings (SSSR count). The molecule has 3 aromatic rings. The van der Waals surface area contributed by atoms with Crippen molar-refractivity contribution in [3.63, 3.8) is 0 Å². The first-order valence-electron chi connectivity index (χ1n) is 9.47. The fourth-order valence-corrected chi connectivity index (χ4v) is 5.45. The number of amides is 1. The molecule has 8 nitrogen and oxygen atoms in total. The Morgan fingerprint density at radius 3 is 2.53 bits per heavy atom. The number of halogens is 1. The summed E-state index contributed by atoms with van der Waals surface area (Å²) >= 11 is 3.38. The molecule has 2 aromatic carbocycles. The van der Waals surface area contributed by atoms with Crippen LogP contribution in [0.4, 0.5) is 0 Å². The quantitative estimate of drug-likeness (QED) is 0.526. The van der Waals surface area contributed by atoms with E-state index in [0.717, 1.165) is 15.6 Å². The van der Waals surface area contributed by atoms with Crippen LogP contribution >= 0.6 is 15.9 Å². The zero-order valence-electron chi connectivity index (χ0n) is 16.1. The van der Waals surface area contributed by atoms with Crippen LogP contribution in [0.1, 0.15) is 12.0 Å². The van der Waals surface area contributed by atoms with E-state index in [1.165, 1.54) is 4.80 Å². The molecule has 0 N–H and O–H groups in total. The van der Waals surface area contributed by atoms with Crippen LogP contribution in [0.3, 0.4) is 0 Å². The van der Waals surface area contributed by atoms with Crippen LogP contribution < -0.4 is 0 Å². The summed E-state index contributed by atoms with van der Waals surface area (Å²) in [5.74, 6) is 0.278. The van der Waals surface area contributed by atoms with Gasteiger partial charge >= 0.3 is 0 Å². The summed E-state index contributed by atoms with van der Waals surface area (Å²) in [6, 6.07) is 16.7. The van der Waals surface area contributed by atoms with Gasteiger partial charge in [0, 0.05) is 22.6 Å². The van der Waals surface area contributed by atoms with Gasteiger partial charge in [0.15, 0.2) is 9.84 Å². The average Bonchev–Trinajstić information content (AvgIpc) is 3.33. The zero-order valence-corrected chi connectivity index (χ0v) is 18.5. The van der Waals surface area contributed by atoms with Crippen molar-refractivity contribution in [2.24, 2.45) is 0 Å². The largest absolute Gasteiger partial charge is 0.333 e. The number of carbonyl (C=O) groups excluding carboxylic acids is 1. The number of hydrogen-bond acceptors (Lipinski definition) is 6. The maximum Gasteiger partial charge on any atom is 0.246 e. The van der Waals surface area contributed by atoms with Gasteiger partial charge in [0.25, 0.3) is 0 Å². The van der Waals surface area contributed by atoms with Crippen LogP contribution in [0, 0.1) is 0 Å². The molecule has 0 unspecified atom stereocenters. The Hall–Kier alpha value is -2.59. The van der Waals surface area contributed by atoms with Gasteiger partial charge in [-0.1, -0.05) is 46.3 Å². The molecule has 0 radical (unpaired) electrons. The van der Waals surface area contributed by atoms with Gasteiger partial charge in [0.05, 0.1) is 11.5 Å². The topological polar surface area (TPSA) is 98.1 Å². The Morgan fingerprint density at radius 1 is 1.13 bits per heavy atom. The van der Waals surface area contributed by atoms with Crippen LogP contribution in [-0.4, -0.2) is 57.0 Å². The predicted molar refractivity (Wildman–Crippen MR) is 115 cm³/mol. The van der Waals surface area contributed by atoms with Gasteiger partial charge in [-0.05, 0) is 41.5 Å². The van der Waals surface area contributed by atoms with E-state index in [0.29, 0.717) is 18.8 Å². The van der Waals surface area contributed by atoms with Gasteiger partial charge in [-0.25, -0.2) is 8.42 Å². The normalized spacial score (nSPS) is 17.7. The molecule has 156 valence electrons. The van der Waals surface area contributed by atoms with Crippen LogP contribution in [0.25, 0.3) is 11.4 Å². The summed E-state index contributed by atoms with van der Waals surface area (Å²) < 4.78 is 24.9. The highest BCUT2D eigenvalue weighted by Crippen LogP contribution is 2.21. The number of rotatable bonds is 6. The van der Waals surface area contributed by atoms with Crippen molar-refractivity contribution in [2.45, 2.75) is 25.6 Å². The van der Waals surface area contributed by atoms with Crippen molar-refractivity contribution in [2.75, 3.05) is 11.5 Å². The molecule has 1 aliphatic heterocycles. The minimum absolute atomic E-state index is 0.0134. The van der Waals surface area contributed by atoms with Crippen molar-refractivity contribution >= 4 is 31.7 Å². The Balaban J connectivity index is 1.52. The van der Waals surface area contributed by atoms with E-state index in [4.69, 9.17) is 0 Å². The highest BCUT2D eigenvalue weighted by Gasteiger charge is 2.35. The Labute approximate surface area is 182 Å². The Bertz CT molecular complexity index is 1130. The van der Waals surface area contributed by atoms with Crippen LogP contribution in [-0.2, 0) is 27.7 Å². The maximum absolute atomic E-state index is 13.1. The first kappa shape index (κ1) is 20.7. The molecule has 1 atom stereocenters. The van der Waals surface area contributed by atoms with E-state index in [1.807, 2.05) is 54.6 Å². The second-order valence-electron chi connectivity index (χ2n) is 7.21. The van der Waals surface area contributed by atoms with Crippen molar-refractivity contribution in [1.82, 2.24) is 25.1 Å². The molecule has 10 heteroatoms. The number of benzene rings is 2. The number of hydrogen-bond donors (Lipinski definition) is 0. The fraction of sp³-hybridized carbons (Fsp3) is 0.300.